The van der Waals surface area contributed by atoms with E-state index in [1.165, 1.54) is 30.3 Å². The maximum absolute atomic E-state index is 13.7. The number of para-hydroxylation sites is 1. The van der Waals surface area contributed by atoms with Crippen LogP contribution >= 0.6 is 0 Å². The van der Waals surface area contributed by atoms with Gasteiger partial charge in [-0.2, -0.15) is 0 Å². The molecule has 0 spiro atoms. The first-order valence-corrected chi connectivity index (χ1v) is 5.48. The molecule has 0 saturated carbocycles. The first kappa shape index (κ1) is 13.4. The summed E-state index contributed by atoms with van der Waals surface area (Å²) in [6, 6.07) is 9.72. The van der Waals surface area contributed by atoms with E-state index in [0.29, 0.717) is 0 Å². The Morgan fingerprint density at radius 2 is 1.63 bits per heavy atom. The molecule has 0 aliphatic heterocycles. The second kappa shape index (κ2) is 4.91. The van der Waals surface area contributed by atoms with Gasteiger partial charge in [0.25, 0.3) is 0 Å². The second-order valence-electron chi connectivity index (χ2n) is 4.03. The third-order valence-electron chi connectivity index (χ3n) is 2.52. The van der Waals surface area contributed by atoms with Gasteiger partial charge in [0.1, 0.15) is 11.6 Å². The van der Waals surface area contributed by atoms with Gasteiger partial charge >= 0.3 is 6.36 Å². The zero-order valence-corrected chi connectivity index (χ0v) is 9.96. The molecule has 100 valence electrons. The molecule has 0 aliphatic rings. The summed E-state index contributed by atoms with van der Waals surface area (Å²) in [5.41, 5.74) is 0.902. The van der Waals surface area contributed by atoms with Gasteiger partial charge in [-0.1, -0.05) is 29.8 Å². The molecule has 0 bridgehead atoms. The van der Waals surface area contributed by atoms with Crippen LogP contribution in [0.15, 0.2) is 42.5 Å². The molecule has 0 saturated heterocycles. The number of alkyl halides is 3. The highest BCUT2D eigenvalue weighted by Crippen LogP contribution is 2.35. The molecule has 0 fully saturated rings. The summed E-state index contributed by atoms with van der Waals surface area (Å²) in [6.45, 7) is 1.73. The minimum absolute atomic E-state index is 0.0704. The molecule has 0 heterocycles. The van der Waals surface area contributed by atoms with Gasteiger partial charge in [-0.3, -0.25) is 0 Å². The van der Waals surface area contributed by atoms with E-state index in [2.05, 4.69) is 4.74 Å². The lowest BCUT2D eigenvalue weighted by Crippen LogP contribution is -2.17. The van der Waals surface area contributed by atoms with Gasteiger partial charge in [-0.05, 0) is 25.1 Å². The van der Waals surface area contributed by atoms with E-state index in [1.807, 2.05) is 0 Å². The summed E-state index contributed by atoms with van der Waals surface area (Å²) in [5.74, 6) is -1.01. The molecule has 2 aromatic rings. The van der Waals surface area contributed by atoms with E-state index in [0.717, 1.165) is 11.6 Å². The van der Waals surface area contributed by atoms with Crippen LogP contribution in [0.2, 0.25) is 0 Å². The number of rotatable bonds is 2. The molecule has 19 heavy (non-hydrogen) atoms. The van der Waals surface area contributed by atoms with Gasteiger partial charge in [0.05, 0.1) is 0 Å². The predicted octanol–water partition coefficient (Wildman–Crippen LogP) is 4.70. The Labute approximate surface area is 107 Å². The number of hydrogen-bond donors (Lipinski definition) is 0. The molecule has 0 aliphatic carbocycles. The molecular weight excluding hydrogens is 260 g/mol. The fourth-order valence-electron chi connectivity index (χ4n) is 1.75. The summed E-state index contributed by atoms with van der Waals surface area (Å²) in [5, 5.41) is 0. The highest BCUT2D eigenvalue weighted by molar-refractivity contribution is 5.71. The highest BCUT2D eigenvalue weighted by Gasteiger charge is 2.32. The maximum Gasteiger partial charge on any atom is 0.573 e. The van der Waals surface area contributed by atoms with E-state index < -0.39 is 17.9 Å². The van der Waals surface area contributed by atoms with E-state index in [1.54, 1.807) is 13.0 Å². The predicted molar refractivity (Wildman–Crippen MR) is 63.3 cm³/mol. The van der Waals surface area contributed by atoms with E-state index in [4.69, 9.17) is 0 Å². The molecule has 5 heteroatoms. The van der Waals surface area contributed by atoms with Gasteiger partial charge in [0.15, 0.2) is 0 Å². The molecule has 1 nitrogen and oxygen atoms in total. The van der Waals surface area contributed by atoms with Crippen molar-refractivity contribution >= 4 is 0 Å². The van der Waals surface area contributed by atoms with Gasteiger partial charge < -0.3 is 4.74 Å². The number of aryl methyl sites for hydroxylation is 1. The van der Waals surface area contributed by atoms with Crippen molar-refractivity contribution in [3.8, 4) is 16.9 Å². The summed E-state index contributed by atoms with van der Waals surface area (Å²) in [4.78, 5) is 0. The molecule has 2 aromatic carbocycles. The van der Waals surface area contributed by atoms with Crippen molar-refractivity contribution in [2.24, 2.45) is 0 Å². The van der Waals surface area contributed by atoms with Crippen molar-refractivity contribution in [1.29, 1.82) is 0 Å². The third kappa shape index (κ3) is 3.24. The molecule has 0 amide bonds. The first-order chi connectivity index (χ1) is 8.87. The third-order valence-corrected chi connectivity index (χ3v) is 2.52. The number of hydrogen-bond acceptors (Lipinski definition) is 1. The Balaban J connectivity index is 2.53. The SMILES string of the molecule is Cc1ccc(F)c(-c2ccccc2OC(F)(F)F)c1. The van der Waals surface area contributed by atoms with Crippen LogP contribution in [-0.2, 0) is 0 Å². The Morgan fingerprint density at radius 3 is 2.32 bits per heavy atom. The first-order valence-electron chi connectivity index (χ1n) is 5.48. The molecular formula is C14H10F4O. The molecule has 0 radical (unpaired) electrons. The van der Waals surface area contributed by atoms with Gasteiger partial charge in [0.2, 0.25) is 0 Å². The van der Waals surface area contributed by atoms with Crippen molar-refractivity contribution < 1.29 is 22.3 Å². The highest BCUT2D eigenvalue weighted by atomic mass is 19.4. The minimum Gasteiger partial charge on any atom is -0.405 e. The van der Waals surface area contributed by atoms with Crippen LogP contribution in [0.4, 0.5) is 17.6 Å². The smallest absolute Gasteiger partial charge is 0.405 e. The standard InChI is InChI=1S/C14H10F4O/c1-9-6-7-12(15)11(8-9)10-4-2-3-5-13(10)19-14(16,17)18/h2-8H,1H3. The lowest BCUT2D eigenvalue weighted by atomic mass is 10.0. The maximum atomic E-state index is 13.7. The lowest BCUT2D eigenvalue weighted by Gasteiger charge is -2.14. The van der Waals surface area contributed by atoms with Crippen molar-refractivity contribution in [2.45, 2.75) is 13.3 Å². The summed E-state index contributed by atoms with van der Waals surface area (Å²) in [7, 11) is 0. The molecule has 0 aromatic heterocycles. The Bertz CT molecular complexity index is 590. The minimum atomic E-state index is -4.81. The topological polar surface area (TPSA) is 9.23 Å². The van der Waals surface area contributed by atoms with Crippen LogP contribution in [0, 0.1) is 12.7 Å². The Kier molecular flexibility index (Phi) is 3.46. The van der Waals surface area contributed by atoms with Crippen LogP contribution in [0.1, 0.15) is 5.56 Å². The quantitative estimate of drug-likeness (QED) is 0.719. The molecule has 2 rings (SSSR count). The molecule has 0 unspecified atom stereocenters. The van der Waals surface area contributed by atoms with Crippen molar-refractivity contribution in [1.82, 2.24) is 0 Å². The number of halogens is 4. The van der Waals surface area contributed by atoms with E-state index in [-0.39, 0.29) is 11.1 Å². The number of ether oxygens (including phenoxy) is 1. The second-order valence-corrected chi connectivity index (χ2v) is 4.03. The van der Waals surface area contributed by atoms with Crippen LogP contribution in [0.5, 0.6) is 5.75 Å². The van der Waals surface area contributed by atoms with E-state index >= 15 is 0 Å². The summed E-state index contributed by atoms with van der Waals surface area (Å²) in [6.07, 6.45) is -4.81. The van der Waals surface area contributed by atoms with Crippen molar-refractivity contribution in [2.75, 3.05) is 0 Å². The largest absolute Gasteiger partial charge is 0.573 e. The normalized spacial score (nSPS) is 11.4. The molecule has 0 atom stereocenters. The van der Waals surface area contributed by atoms with Crippen LogP contribution in [0.3, 0.4) is 0 Å². The van der Waals surface area contributed by atoms with Crippen LogP contribution in [0.25, 0.3) is 11.1 Å². The zero-order chi connectivity index (χ0) is 14.0. The summed E-state index contributed by atoms with van der Waals surface area (Å²) < 4.78 is 54.5. The average Bonchev–Trinajstić information content (AvgIpc) is 2.31. The Morgan fingerprint density at radius 1 is 0.947 bits per heavy atom. The fraction of sp³-hybridized carbons (Fsp3) is 0.143. The van der Waals surface area contributed by atoms with Crippen LogP contribution in [-0.4, -0.2) is 6.36 Å². The average molecular weight is 270 g/mol. The monoisotopic (exact) mass is 270 g/mol. The van der Waals surface area contributed by atoms with Gasteiger partial charge in [-0.25, -0.2) is 4.39 Å². The Hall–Kier alpha value is -2.04. The summed E-state index contributed by atoms with van der Waals surface area (Å²) >= 11 is 0. The lowest BCUT2D eigenvalue weighted by molar-refractivity contribution is -0.274. The van der Waals surface area contributed by atoms with Crippen molar-refractivity contribution in [3.05, 3.63) is 53.8 Å². The zero-order valence-electron chi connectivity index (χ0n) is 9.96. The van der Waals surface area contributed by atoms with Gasteiger partial charge in [0, 0.05) is 11.1 Å². The van der Waals surface area contributed by atoms with E-state index in [9.17, 15) is 17.6 Å². The van der Waals surface area contributed by atoms with Crippen molar-refractivity contribution in [3.63, 3.8) is 0 Å². The fourth-order valence-corrected chi connectivity index (χ4v) is 1.75. The van der Waals surface area contributed by atoms with Crippen LogP contribution < -0.4 is 4.74 Å². The van der Waals surface area contributed by atoms with Gasteiger partial charge in [-0.15, -0.1) is 13.2 Å². The molecule has 0 N–H and O–H groups in total. The number of benzene rings is 2.